The molecule has 5 heteroatoms. The van der Waals surface area contributed by atoms with Gasteiger partial charge in [-0.05, 0) is 23.8 Å². The van der Waals surface area contributed by atoms with Gasteiger partial charge in [-0.3, -0.25) is 0 Å². The van der Waals surface area contributed by atoms with Crippen molar-refractivity contribution in [3.8, 4) is 0 Å². The zero-order chi connectivity index (χ0) is 13.1. The van der Waals surface area contributed by atoms with Crippen LogP contribution in [0.4, 0.5) is 5.69 Å². The fourth-order valence-electron chi connectivity index (χ4n) is 2.34. The van der Waals surface area contributed by atoms with E-state index in [1.807, 2.05) is 6.07 Å². The Hall–Kier alpha value is -0.620. The number of rotatable bonds is 4. The third-order valence-corrected chi connectivity index (χ3v) is 3.82. The standard InChI is InChI=1S/C13H19BrN2O2/c1-17-12-7-16(8-13(12)18-2)11-4-9(6-15)3-10(14)5-11/h3-5,12-13H,6-8,15H2,1-2H3. The van der Waals surface area contributed by atoms with Crippen molar-refractivity contribution >= 4 is 21.6 Å². The molecule has 0 saturated carbocycles. The van der Waals surface area contributed by atoms with Gasteiger partial charge in [0.2, 0.25) is 0 Å². The lowest BCUT2D eigenvalue weighted by molar-refractivity contribution is -0.00461. The van der Waals surface area contributed by atoms with Crippen LogP contribution in [0, 0.1) is 0 Å². The molecule has 1 aromatic carbocycles. The van der Waals surface area contributed by atoms with Crippen molar-refractivity contribution in [1.29, 1.82) is 0 Å². The zero-order valence-corrected chi connectivity index (χ0v) is 12.3. The Kier molecular flexibility index (Phi) is 4.61. The van der Waals surface area contributed by atoms with E-state index in [4.69, 9.17) is 15.2 Å². The van der Waals surface area contributed by atoms with Crippen LogP contribution in [0.1, 0.15) is 5.56 Å². The third kappa shape index (κ3) is 2.85. The normalized spacial score (nSPS) is 23.7. The number of ether oxygens (including phenoxy) is 2. The first kappa shape index (κ1) is 13.8. The van der Waals surface area contributed by atoms with Crippen LogP contribution in [0.5, 0.6) is 0 Å². The minimum atomic E-state index is 0.121. The number of hydrogen-bond acceptors (Lipinski definition) is 4. The van der Waals surface area contributed by atoms with Crippen LogP contribution in [0.2, 0.25) is 0 Å². The van der Waals surface area contributed by atoms with Gasteiger partial charge in [0.15, 0.2) is 0 Å². The van der Waals surface area contributed by atoms with Gasteiger partial charge in [0.25, 0.3) is 0 Å². The molecule has 2 atom stereocenters. The van der Waals surface area contributed by atoms with Crippen molar-refractivity contribution in [3.05, 3.63) is 28.2 Å². The number of halogens is 1. The minimum Gasteiger partial charge on any atom is -0.377 e. The molecule has 1 aliphatic rings. The second-order valence-corrected chi connectivity index (χ2v) is 5.39. The maximum atomic E-state index is 5.70. The van der Waals surface area contributed by atoms with E-state index in [0.717, 1.165) is 28.8 Å². The number of anilines is 1. The van der Waals surface area contributed by atoms with Crippen LogP contribution in [0.3, 0.4) is 0 Å². The first-order chi connectivity index (χ1) is 8.67. The van der Waals surface area contributed by atoms with E-state index in [9.17, 15) is 0 Å². The highest BCUT2D eigenvalue weighted by molar-refractivity contribution is 9.10. The third-order valence-electron chi connectivity index (χ3n) is 3.36. The molecular formula is C13H19BrN2O2. The number of nitrogens with two attached hydrogens (primary N) is 1. The molecule has 1 aliphatic heterocycles. The molecule has 1 fully saturated rings. The van der Waals surface area contributed by atoms with Gasteiger partial charge in [0, 0.05) is 44.0 Å². The van der Waals surface area contributed by atoms with E-state index >= 15 is 0 Å². The van der Waals surface area contributed by atoms with Crippen LogP contribution in [0.25, 0.3) is 0 Å². The Labute approximate surface area is 116 Å². The first-order valence-corrected chi connectivity index (χ1v) is 6.77. The average molecular weight is 315 g/mol. The second kappa shape index (κ2) is 6.02. The first-order valence-electron chi connectivity index (χ1n) is 5.98. The molecule has 2 unspecified atom stereocenters. The average Bonchev–Trinajstić information content (AvgIpc) is 2.81. The number of benzene rings is 1. The molecule has 1 aromatic rings. The second-order valence-electron chi connectivity index (χ2n) is 4.48. The summed E-state index contributed by atoms with van der Waals surface area (Å²) in [6.45, 7) is 2.23. The van der Waals surface area contributed by atoms with Crippen LogP contribution < -0.4 is 10.6 Å². The summed E-state index contributed by atoms with van der Waals surface area (Å²) >= 11 is 3.52. The molecule has 100 valence electrons. The minimum absolute atomic E-state index is 0.121. The zero-order valence-electron chi connectivity index (χ0n) is 10.7. The fraction of sp³-hybridized carbons (Fsp3) is 0.538. The van der Waals surface area contributed by atoms with Crippen LogP contribution in [-0.4, -0.2) is 39.5 Å². The predicted molar refractivity (Wildman–Crippen MR) is 75.8 cm³/mol. The summed E-state index contributed by atoms with van der Waals surface area (Å²) in [4.78, 5) is 2.27. The summed E-state index contributed by atoms with van der Waals surface area (Å²) in [6.07, 6.45) is 0.241. The summed E-state index contributed by atoms with van der Waals surface area (Å²) in [5.74, 6) is 0. The van der Waals surface area contributed by atoms with Crippen molar-refractivity contribution in [3.63, 3.8) is 0 Å². The molecule has 1 heterocycles. The van der Waals surface area contributed by atoms with Gasteiger partial charge in [0.1, 0.15) is 12.2 Å². The molecule has 0 spiro atoms. The molecule has 0 radical (unpaired) electrons. The van der Waals surface area contributed by atoms with Crippen molar-refractivity contribution < 1.29 is 9.47 Å². The van der Waals surface area contributed by atoms with Crippen molar-refractivity contribution in [2.45, 2.75) is 18.8 Å². The molecular weight excluding hydrogens is 296 g/mol. The molecule has 0 bridgehead atoms. The lowest BCUT2D eigenvalue weighted by Crippen LogP contribution is -2.27. The van der Waals surface area contributed by atoms with Gasteiger partial charge < -0.3 is 20.1 Å². The molecule has 2 N–H and O–H groups in total. The molecule has 2 rings (SSSR count). The maximum absolute atomic E-state index is 5.70. The Bertz CT molecular complexity index is 402. The van der Waals surface area contributed by atoms with Gasteiger partial charge in [-0.1, -0.05) is 15.9 Å². The summed E-state index contributed by atoms with van der Waals surface area (Å²) < 4.78 is 12.0. The quantitative estimate of drug-likeness (QED) is 0.920. The van der Waals surface area contributed by atoms with E-state index < -0.39 is 0 Å². The lowest BCUT2D eigenvalue weighted by Gasteiger charge is -2.19. The highest BCUT2D eigenvalue weighted by atomic mass is 79.9. The predicted octanol–water partition coefficient (Wildman–Crippen LogP) is 1.76. The molecule has 0 aromatic heterocycles. The Morgan fingerprint density at radius 1 is 1.22 bits per heavy atom. The highest BCUT2D eigenvalue weighted by Crippen LogP contribution is 2.27. The van der Waals surface area contributed by atoms with Crippen LogP contribution in [-0.2, 0) is 16.0 Å². The van der Waals surface area contributed by atoms with Crippen molar-refractivity contribution in [1.82, 2.24) is 0 Å². The van der Waals surface area contributed by atoms with Crippen LogP contribution >= 0.6 is 15.9 Å². The van der Waals surface area contributed by atoms with E-state index in [1.54, 1.807) is 14.2 Å². The van der Waals surface area contributed by atoms with Gasteiger partial charge in [-0.15, -0.1) is 0 Å². The number of hydrogen-bond donors (Lipinski definition) is 1. The van der Waals surface area contributed by atoms with Gasteiger partial charge in [-0.25, -0.2) is 0 Å². The summed E-state index contributed by atoms with van der Waals surface area (Å²) in [6, 6.07) is 6.26. The Balaban J connectivity index is 2.20. The number of methoxy groups -OCH3 is 2. The van der Waals surface area contributed by atoms with E-state index in [2.05, 4.69) is 33.0 Å². The lowest BCUT2D eigenvalue weighted by atomic mass is 10.2. The monoisotopic (exact) mass is 314 g/mol. The number of nitrogens with zero attached hydrogens (tertiary/aromatic N) is 1. The largest absolute Gasteiger partial charge is 0.377 e. The van der Waals surface area contributed by atoms with E-state index in [0.29, 0.717) is 6.54 Å². The van der Waals surface area contributed by atoms with Gasteiger partial charge in [-0.2, -0.15) is 0 Å². The molecule has 0 aliphatic carbocycles. The van der Waals surface area contributed by atoms with E-state index in [1.165, 1.54) is 0 Å². The van der Waals surface area contributed by atoms with Crippen molar-refractivity contribution in [2.24, 2.45) is 5.73 Å². The maximum Gasteiger partial charge on any atom is 0.102 e. The fourth-order valence-corrected chi connectivity index (χ4v) is 2.87. The molecule has 1 saturated heterocycles. The summed E-state index contributed by atoms with van der Waals surface area (Å²) in [5, 5.41) is 0. The molecule has 4 nitrogen and oxygen atoms in total. The summed E-state index contributed by atoms with van der Waals surface area (Å²) in [7, 11) is 3.46. The van der Waals surface area contributed by atoms with Crippen LogP contribution in [0.15, 0.2) is 22.7 Å². The smallest absolute Gasteiger partial charge is 0.102 e. The molecule has 18 heavy (non-hydrogen) atoms. The summed E-state index contributed by atoms with van der Waals surface area (Å²) in [5.41, 5.74) is 7.98. The van der Waals surface area contributed by atoms with Gasteiger partial charge >= 0.3 is 0 Å². The molecule has 0 amide bonds. The van der Waals surface area contributed by atoms with Gasteiger partial charge in [0.05, 0.1) is 0 Å². The van der Waals surface area contributed by atoms with Crippen molar-refractivity contribution in [2.75, 3.05) is 32.2 Å². The SMILES string of the molecule is COC1CN(c2cc(Br)cc(CN)c2)CC1OC. The highest BCUT2D eigenvalue weighted by Gasteiger charge is 2.33. The Morgan fingerprint density at radius 2 is 1.83 bits per heavy atom. The van der Waals surface area contributed by atoms with E-state index in [-0.39, 0.29) is 12.2 Å². The Morgan fingerprint density at radius 3 is 2.33 bits per heavy atom. The topological polar surface area (TPSA) is 47.7 Å².